The molecule has 0 spiro atoms. The van der Waals surface area contributed by atoms with Gasteiger partial charge in [-0.25, -0.2) is 8.42 Å². The summed E-state index contributed by atoms with van der Waals surface area (Å²) in [7, 11) is -3.81. The molecule has 3 aromatic carbocycles. The maximum absolute atomic E-state index is 12.6. The molecule has 10 heteroatoms. The number of halogens is 3. The normalized spacial score (nSPS) is 11.7. The molecule has 0 atom stereocenters. The van der Waals surface area contributed by atoms with E-state index >= 15 is 0 Å². The van der Waals surface area contributed by atoms with Crippen molar-refractivity contribution in [2.24, 2.45) is 0 Å². The SMILES string of the molecule is Cc1cc(C)cc(NS(=O)(=O)c2ccc(OCC(=O)Nc3ccc(C(F)(F)F)cc3)cc2)c1. The van der Waals surface area contributed by atoms with Crippen molar-refractivity contribution >= 4 is 27.3 Å². The highest BCUT2D eigenvalue weighted by atomic mass is 32.2. The van der Waals surface area contributed by atoms with Crippen molar-refractivity contribution in [3.8, 4) is 5.75 Å². The van der Waals surface area contributed by atoms with Crippen LogP contribution in [-0.4, -0.2) is 20.9 Å². The van der Waals surface area contributed by atoms with Gasteiger partial charge in [-0.15, -0.1) is 0 Å². The fourth-order valence-corrected chi connectivity index (χ4v) is 4.09. The third-order valence-electron chi connectivity index (χ3n) is 4.47. The topological polar surface area (TPSA) is 84.5 Å². The standard InChI is InChI=1S/C23H21F3N2O4S/c1-15-11-16(2)13-19(12-15)28-33(30,31)21-9-7-20(8-10-21)32-14-22(29)27-18-5-3-17(4-6-18)23(24,25)26/h3-13,28H,14H2,1-2H3,(H,27,29). The van der Waals surface area contributed by atoms with E-state index in [-0.39, 0.29) is 16.3 Å². The Kier molecular flexibility index (Phi) is 6.97. The number of ether oxygens (including phenoxy) is 1. The van der Waals surface area contributed by atoms with Gasteiger partial charge in [0.05, 0.1) is 10.5 Å². The summed E-state index contributed by atoms with van der Waals surface area (Å²) in [4.78, 5) is 12.0. The molecule has 0 aromatic heterocycles. The van der Waals surface area contributed by atoms with Crippen LogP contribution in [0.15, 0.2) is 71.6 Å². The average Bonchev–Trinajstić information content (AvgIpc) is 2.71. The van der Waals surface area contributed by atoms with Gasteiger partial charge in [0.2, 0.25) is 0 Å². The summed E-state index contributed by atoms with van der Waals surface area (Å²) in [5.41, 5.74) is 1.67. The van der Waals surface area contributed by atoms with Crippen LogP contribution < -0.4 is 14.8 Å². The number of carbonyl (C=O) groups excluding carboxylic acids is 1. The molecule has 0 aliphatic heterocycles. The second kappa shape index (κ2) is 9.53. The Morgan fingerprint density at radius 3 is 2.00 bits per heavy atom. The molecule has 3 aromatic rings. The van der Waals surface area contributed by atoms with Crippen molar-refractivity contribution in [1.29, 1.82) is 0 Å². The molecule has 0 fully saturated rings. The molecule has 0 saturated heterocycles. The summed E-state index contributed by atoms with van der Waals surface area (Å²) in [6.07, 6.45) is -4.46. The van der Waals surface area contributed by atoms with Gasteiger partial charge in [-0.05, 0) is 85.6 Å². The number of sulfonamides is 1. The van der Waals surface area contributed by atoms with Crippen LogP contribution in [0.25, 0.3) is 0 Å². The molecule has 0 aliphatic carbocycles. The molecule has 0 unspecified atom stereocenters. The third-order valence-corrected chi connectivity index (χ3v) is 5.87. The second-order valence-corrected chi connectivity index (χ2v) is 9.05. The van der Waals surface area contributed by atoms with Crippen molar-refractivity contribution in [2.45, 2.75) is 24.9 Å². The van der Waals surface area contributed by atoms with Gasteiger partial charge in [-0.3, -0.25) is 9.52 Å². The Hall–Kier alpha value is -3.53. The number of rotatable bonds is 7. The molecule has 0 bridgehead atoms. The van der Waals surface area contributed by atoms with E-state index in [1.807, 2.05) is 19.9 Å². The van der Waals surface area contributed by atoms with Crippen molar-refractivity contribution in [3.05, 3.63) is 83.4 Å². The van der Waals surface area contributed by atoms with Gasteiger partial charge in [0.15, 0.2) is 6.61 Å². The lowest BCUT2D eigenvalue weighted by Crippen LogP contribution is -2.20. The summed E-state index contributed by atoms with van der Waals surface area (Å²) in [6.45, 7) is 3.32. The zero-order chi connectivity index (χ0) is 24.2. The molecule has 0 aliphatic rings. The van der Waals surface area contributed by atoms with Gasteiger partial charge >= 0.3 is 6.18 Å². The Labute approximate surface area is 189 Å². The van der Waals surface area contributed by atoms with E-state index in [0.717, 1.165) is 35.4 Å². The van der Waals surface area contributed by atoms with Gasteiger partial charge in [-0.2, -0.15) is 13.2 Å². The smallest absolute Gasteiger partial charge is 0.416 e. The van der Waals surface area contributed by atoms with E-state index < -0.39 is 34.3 Å². The lowest BCUT2D eigenvalue weighted by atomic mass is 10.1. The lowest BCUT2D eigenvalue weighted by Gasteiger charge is -2.11. The van der Waals surface area contributed by atoms with Crippen molar-refractivity contribution in [1.82, 2.24) is 0 Å². The summed E-state index contributed by atoms with van der Waals surface area (Å²) < 4.78 is 70.8. The largest absolute Gasteiger partial charge is 0.484 e. The van der Waals surface area contributed by atoms with Crippen LogP contribution in [0, 0.1) is 13.8 Å². The van der Waals surface area contributed by atoms with Crippen LogP contribution in [-0.2, 0) is 21.0 Å². The number of hydrogen-bond donors (Lipinski definition) is 2. The van der Waals surface area contributed by atoms with Gasteiger partial charge in [-0.1, -0.05) is 6.07 Å². The molecule has 3 rings (SSSR count). The first kappa shape index (κ1) is 24.1. The van der Waals surface area contributed by atoms with E-state index in [4.69, 9.17) is 4.74 Å². The molecule has 0 radical (unpaired) electrons. The summed E-state index contributed by atoms with van der Waals surface area (Å²) in [5.74, 6) is -0.328. The number of amides is 1. The number of carbonyl (C=O) groups is 1. The fraction of sp³-hybridized carbons (Fsp3) is 0.174. The highest BCUT2D eigenvalue weighted by Gasteiger charge is 2.30. The zero-order valence-corrected chi connectivity index (χ0v) is 18.5. The average molecular weight is 478 g/mol. The Bertz CT molecular complexity index is 1220. The predicted molar refractivity (Wildman–Crippen MR) is 119 cm³/mol. The van der Waals surface area contributed by atoms with E-state index in [1.54, 1.807) is 12.1 Å². The van der Waals surface area contributed by atoms with E-state index in [2.05, 4.69) is 10.0 Å². The fourth-order valence-electron chi connectivity index (χ4n) is 3.05. The van der Waals surface area contributed by atoms with Gasteiger partial charge < -0.3 is 10.1 Å². The van der Waals surface area contributed by atoms with Crippen molar-refractivity contribution in [2.75, 3.05) is 16.6 Å². The maximum Gasteiger partial charge on any atom is 0.416 e. The van der Waals surface area contributed by atoms with Crippen molar-refractivity contribution in [3.63, 3.8) is 0 Å². The number of nitrogens with one attached hydrogen (secondary N) is 2. The van der Waals surface area contributed by atoms with Crippen LogP contribution in [0.1, 0.15) is 16.7 Å². The number of benzene rings is 3. The van der Waals surface area contributed by atoms with Gasteiger partial charge in [0.25, 0.3) is 15.9 Å². The second-order valence-electron chi connectivity index (χ2n) is 7.37. The molecular weight excluding hydrogens is 457 g/mol. The molecular formula is C23H21F3N2O4S. The van der Waals surface area contributed by atoms with Crippen LogP contribution in [0.3, 0.4) is 0 Å². The minimum absolute atomic E-state index is 0.0169. The minimum atomic E-state index is -4.46. The summed E-state index contributed by atoms with van der Waals surface area (Å²) in [5, 5.41) is 2.43. The quantitative estimate of drug-likeness (QED) is 0.493. The van der Waals surface area contributed by atoms with E-state index in [9.17, 15) is 26.4 Å². The number of aryl methyl sites for hydroxylation is 2. The predicted octanol–water partition coefficient (Wildman–Crippen LogP) is 5.14. The van der Waals surface area contributed by atoms with Crippen LogP contribution in [0.4, 0.5) is 24.5 Å². The van der Waals surface area contributed by atoms with Crippen LogP contribution >= 0.6 is 0 Å². The lowest BCUT2D eigenvalue weighted by molar-refractivity contribution is -0.137. The molecule has 0 saturated carbocycles. The molecule has 174 valence electrons. The van der Waals surface area contributed by atoms with Gasteiger partial charge in [0, 0.05) is 11.4 Å². The minimum Gasteiger partial charge on any atom is -0.484 e. The number of alkyl halides is 3. The van der Waals surface area contributed by atoms with E-state index in [0.29, 0.717) is 5.69 Å². The van der Waals surface area contributed by atoms with Crippen LogP contribution in [0.5, 0.6) is 5.75 Å². The maximum atomic E-state index is 12.6. The van der Waals surface area contributed by atoms with E-state index in [1.165, 1.54) is 24.3 Å². The molecule has 2 N–H and O–H groups in total. The molecule has 33 heavy (non-hydrogen) atoms. The summed E-state index contributed by atoms with van der Waals surface area (Å²) in [6, 6.07) is 14.9. The molecule has 0 heterocycles. The van der Waals surface area contributed by atoms with Crippen molar-refractivity contribution < 1.29 is 31.1 Å². The summed E-state index contributed by atoms with van der Waals surface area (Å²) >= 11 is 0. The zero-order valence-electron chi connectivity index (χ0n) is 17.7. The highest BCUT2D eigenvalue weighted by Crippen LogP contribution is 2.29. The number of anilines is 2. The Morgan fingerprint density at radius 1 is 0.879 bits per heavy atom. The first-order valence-corrected chi connectivity index (χ1v) is 11.2. The third kappa shape index (κ3) is 6.72. The Morgan fingerprint density at radius 2 is 1.45 bits per heavy atom. The Balaban J connectivity index is 1.57. The first-order chi connectivity index (χ1) is 15.4. The van der Waals surface area contributed by atoms with Crippen LogP contribution in [0.2, 0.25) is 0 Å². The monoisotopic (exact) mass is 478 g/mol. The first-order valence-electron chi connectivity index (χ1n) is 9.73. The number of hydrogen-bond acceptors (Lipinski definition) is 4. The molecule has 6 nitrogen and oxygen atoms in total. The van der Waals surface area contributed by atoms with Gasteiger partial charge in [0.1, 0.15) is 5.75 Å². The highest BCUT2D eigenvalue weighted by molar-refractivity contribution is 7.92. The molecule has 1 amide bonds.